The number of aromatic nitrogens is 4. The van der Waals surface area contributed by atoms with Crippen molar-refractivity contribution in [2.75, 3.05) is 25.1 Å². The second-order valence-corrected chi connectivity index (χ2v) is 6.36. The molecule has 3 aromatic rings. The topological polar surface area (TPSA) is 64.0 Å². The van der Waals surface area contributed by atoms with Crippen molar-refractivity contribution in [3.05, 3.63) is 60.8 Å². The van der Waals surface area contributed by atoms with Gasteiger partial charge < -0.3 is 9.64 Å². The number of hydrogen-bond donors (Lipinski definition) is 0. The number of ether oxygens (including phenoxy) is 1. The lowest BCUT2D eigenvalue weighted by atomic mass is 9.91. The normalized spacial score (nSPS) is 17.1. The van der Waals surface area contributed by atoms with Gasteiger partial charge in [-0.05, 0) is 31.0 Å². The Kier molecular flexibility index (Phi) is 4.73. The summed E-state index contributed by atoms with van der Waals surface area (Å²) in [5.74, 6) is 1.90. The van der Waals surface area contributed by atoms with E-state index in [-0.39, 0.29) is 0 Å². The first-order valence-corrected chi connectivity index (χ1v) is 8.82. The molecule has 0 spiro atoms. The van der Waals surface area contributed by atoms with Crippen LogP contribution in [0.3, 0.4) is 0 Å². The second kappa shape index (κ2) is 7.47. The van der Waals surface area contributed by atoms with E-state index in [9.17, 15) is 0 Å². The van der Waals surface area contributed by atoms with Gasteiger partial charge in [-0.25, -0.2) is 9.97 Å². The minimum atomic E-state index is 0.294. The van der Waals surface area contributed by atoms with Gasteiger partial charge in [0.15, 0.2) is 0 Å². The fourth-order valence-corrected chi connectivity index (χ4v) is 3.48. The van der Waals surface area contributed by atoms with Crippen LogP contribution in [0, 0.1) is 0 Å². The van der Waals surface area contributed by atoms with Gasteiger partial charge in [0.2, 0.25) is 5.95 Å². The molecule has 1 aliphatic rings. The standard InChI is InChI=1S/C20H21N5O/c1-26-17-7-2-5-15(13-17)18-19(22-11-10-21-18)16-6-3-12-25(14-16)20-23-8-4-9-24-20/h2,4-5,7-11,13,16H,3,6,12,14H2,1H3/t16-/m1/s1. The van der Waals surface area contributed by atoms with Crippen molar-refractivity contribution in [1.29, 1.82) is 0 Å². The zero-order chi connectivity index (χ0) is 17.8. The lowest BCUT2D eigenvalue weighted by Crippen LogP contribution is -2.36. The van der Waals surface area contributed by atoms with Gasteiger partial charge in [0.1, 0.15) is 5.75 Å². The Labute approximate surface area is 152 Å². The van der Waals surface area contributed by atoms with E-state index in [1.165, 1.54) is 0 Å². The maximum atomic E-state index is 5.36. The Hall–Kier alpha value is -3.02. The molecular weight excluding hydrogens is 326 g/mol. The van der Waals surface area contributed by atoms with Crippen LogP contribution in [0.25, 0.3) is 11.3 Å². The minimum Gasteiger partial charge on any atom is -0.497 e. The average Bonchev–Trinajstić information content (AvgIpc) is 2.74. The fourth-order valence-electron chi connectivity index (χ4n) is 3.48. The number of anilines is 1. The van der Waals surface area contributed by atoms with Crippen molar-refractivity contribution in [1.82, 2.24) is 19.9 Å². The highest BCUT2D eigenvalue weighted by Crippen LogP contribution is 2.33. The largest absolute Gasteiger partial charge is 0.497 e. The monoisotopic (exact) mass is 347 g/mol. The molecule has 0 unspecified atom stereocenters. The molecule has 1 aromatic carbocycles. The van der Waals surface area contributed by atoms with Gasteiger partial charge >= 0.3 is 0 Å². The van der Waals surface area contributed by atoms with Crippen LogP contribution < -0.4 is 9.64 Å². The van der Waals surface area contributed by atoms with Gasteiger partial charge in [-0.2, -0.15) is 0 Å². The Morgan fingerprint density at radius 1 is 1.00 bits per heavy atom. The molecule has 26 heavy (non-hydrogen) atoms. The molecule has 1 aliphatic heterocycles. The molecule has 0 N–H and O–H groups in total. The summed E-state index contributed by atoms with van der Waals surface area (Å²) in [7, 11) is 1.68. The van der Waals surface area contributed by atoms with E-state index in [0.717, 1.165) is 54.6 Å². The molecule has 0 saturated carbocycles. The van der Waals surface area contributed by atoms with Crippen LogP contribution in [0.1, 0.15) is 24.5 Å². The van der Waals surface area contributed by atoms with Crippen molar-refractivity contribution >= 4 is 5.95 Å². The zero-order valence-electron chi connectivity index (χ0n) is 14.7. The first-order chi connectivity index (χ1) is 12.8. The molecular formula is C20H21N5O. The molecule has 2 aromatic heterocycles. The third-order valence-corrected chi connectivity index (χ3v) is 4.71. The summed E-state index contributed by atoms with van der Waals surface area (Å²) in [6.45, 7) is 1.81. The van der Waals surface area contributed by atoms with Crippen LogP contribution in [-0.2, 0) is 0 Å². The molecule has 0 amide bonds. The first kappa shape index (κ1) is 16.4. The molecule has 1 saturated heterocycles. The van der Waals surface area contributed by atoms with Gasteiger partial charge in [-0.3, -0.25) is 9.97 Å². The molecule has 0 aliphatic carbocycles. The molecule has 6 nitrogen and oxygen atoms in total. The predicted molar refractivity (Wildman–Crippen MR) is 100 cm³/mol. The molecule has 1 atom stereocenters. The quantitative estimate of drug-likeness (QED) is 0.721. The maximum Gasteiger partial charge on any atom is 0.225 e. The molecule has 1 fully saturated rings. The summed E-state index contributed by atoms with van der Waals surface area (Å²) in [4.78, 5) is 20.3. The number of rotatable bonds is 4. The number of nitrogens with zero attached hydrogens (tertiary/aromatic N) is 5. The maximum absolute atomic E-state index is 5.36. The third-order valence-electron chi connectivity index (χ3n) is 4.71. The van der Waals surface area contributed by atoms with Crippen LogP contribution in [0.5, 0.6) is 5.75 Å². The van der Waals surface area contributed by atoms with Crippen molar-refractivity contribution < 1.29 is 4.74 Å². The molecule has 6 heteroatoms. The van der Waals surface area contributed by atoms with Crippen LogP contribution in [0.4, 0.5) is 5.95 Å². The van der Waals surface area contributed by atoms with Crippen LogP contribution in [0.2, 0.25) is 0 Å². The average molecular weight is 347 g/mol. The number of benzene rings is 1. The molecule has 0 bridgehead atoms. The lowest BCUT2D eigenvalue weighted by molar-refractivity contribution is 0.415. The summed E-state index contributed by atoms with van der Waals surface area (Å²) in [5, 5.41) is 0. The predicted octanol–water partition coefficient (Wildman–Crippen LogP) is 3.33. The number of methoxy groups -OCH3 is 1. The highest BCUT2D eigenvalue weighted by atomic mass is 16.5. The van der Waals surface area contributed by atoms with E-state index < -0.39 is 0 Å². The summed E-state index contributed by atoms with van der Waals surface area (Å²) in [6, 6.07) is 9.83. The first-order valence-electron chi connectivity index (χ1n) is 8.82. The van der Waals surface area contributed by atoms with Gasteiger partial charge in [0.25, 0.3) is 0 Å². The van der Waals surface area contributed by atoms with E-state index in [1.54, 1.807) is 31.9 Å². The Bertz CT molecular complexity index is 871. The Morgan fingerprint density at radius 2 is 1.85 bits per heavy atom. The van der Waals surface area contributed by atoms with Crippen LogP contribution in [0.15, 0.2) is 55.1 Å². The van der Waals surface area contributed by atoms with Crippen molar-refractivity contribution in [2.45, 2.75) is 18.8 Å². The van der Waals surface area contributed by atoms with Crippen molar-refractivity contribution in [2.24, 2.45) is 0 Å². The molecule has 132 valence electrons. The van der Waals surface area contributed by atoms with Crippen molar-refractivity contribution in [3.63, 3.8) is 0 Å². The number of piperidine rings is 1. The van der Waals surface area contributed by atoms with Gasteiger partial charge in [-0.15, -0.1) is 0 Å². The van der Waals surface area contributed by atoms with Gasteiger partial charge in [0.05, 0.1) is 18.5 Å². The Morgan fingerprint density at radius 3 is 2.69 bits per heavy atom. The van der Waals surface area contributed by atoms with E-state index in [0.29, 0.717) is 5.92 Å². The molecule has 0 radical (unpaired) electrons. The zero-order valence-corrected chi connectivity index (χ0v) is 14.7. The highest BCUT2D eigenvalue weighted by molar-refractivity contribution is 5.64. The Balaban J connectivity index is 1.65. The van der Waals surface area contributed by atoms with E-state index in [4.69, 9.17) is 9.72 Å². The number of hydrogen-bond acceptors (Lipinski definition) is 6. The summed E-state index contributed by atoms with van der Waals surface area (Å²) >= 11 is 0. The third kappa shape index (κ3) is 3.35. The lowest BCUT2D eigenvalue weighted by Gasteiger charge is -2.32. The van der Waals surface area contributed by atoms with Crippen LogP contribution >= 0.6 is 0 Å². The van der Waals surface area contributed by atoms with Crippen LogP contribution in [-0.4, -0.2) is 40.1 Å². The van der Waals surface area contributed by atoms with E-state index in [1.807, 2.05) is 24.3 Å². The fraction of sp³-hybridized carbons (Fsp3) is 0.300. The summed E-state index contributed by atoms with van der Waals surface area (Å²) in [6.07, 6.45) is 9.26. The smallest absolute Gasteiger partial charge is 0.225 e. The van der Waals surface area contributed by atoms with E-state index >= 15 is 0 Å². The summed E-state index contributed by atoms with van der Waals surface area (Å²) in [5.41, 5.74) is 2.98. The second-order valence-electron chi connectivity index (χ2n) is 6.36. The van der Waals surface area contributed by atoms with Crippen molar-refractivity contribution in [3.8, 4) is 17.0 Å². The van der Waals surface area contributed by atoms with E-state index in [2.05, 4.69) is 25.9 Å². The minimum absolute atomic E-state index is 0.294. The van der Waals surface area contributed by atoms with Gasteiger partial charge in [0, 0.05) is 49.4 Å². The van der Waals surface area contributed by atoms with Gasteiger partial charge in [-0.1, -0.05) is 12.1 Å². The molecule has 4 rings (SSSR count). The summed E-state index contributed by atoms with van der Waals surface area (Å²) < 4.78 is 5.36. The highest BCUT2D eigenvalue weighted by Gasteiger charge is 2.26. The molecule has 3 heterocycles. The SMILES string of the molecule is COc1cccc(-c2nccnc2[C@@H]2CCCN(c3ncccn3)C2)c1.